The number of aliphatic hydroxyl groups is 1. The summed E-state index contributed by atoms with van der Waals surface area (Å²) in [6.45, 7) is 4.42. The molecule has 1 aromatic rings. The minimum atomic E-state index is -0.137. The molecule has 15 heavy (non-hydrogen) atoms. The Morgan fingerprint density at radius 1 is 1.27 bits per heavy atom. The van der Waals surface area contributed by atoms with Crippen molar-refractivity contribution in [1.82, 2.24) is 0 Å². The normalized spacial score (nSPS) is 20.9. The maximum Gasteiger partial charge on any atom is 0.0612 e. The largest absolute Gasteiger partial charge is 0.392 e. The van der Waals surface area contributed by atoms with Crippen LogP contribution in [-0.4, -0.2) is 11.2 Å². The molecule has 0 saturated heterocycles. The lowest BCUT2D eigenvalue weighted by molar-refractivity contribution is 0.117. The first-order valence-electron chi connectivity index (χ1n) is 5.94. The van der Waals surface area contributed by atoms with E-state index in [1.807, 2.05) is 0 Å². The van der Waals surface area contributed by atoms with Crippen molar-refractivity contribution in [3.05, 3.63) is 35.4 Å². The van der Waals surface area contributed by atoms with Gasteiger partial charge in [0, 0.05) is 5.92 Å². The van der Waals surface area contributed by atoms with Crippen LogP contribution in [-0.2, 0) is 6.42 Å². The van der Waals surface area contributed by atoms with E-state index in [9.17, 15) is 5.11 Å². The molecular formula is C14H20O. The molecule has 1 nitrogen and oxygen atoms in total. The van der Waals surface area contributed by atoms with Crippen LogP contribution >= 0.6 is 0 Å². The van der Waals surface area contributed by atoms with Crippen LogP contribution in [0.15, 0.2) is 24.3 Å². The summed E-state index contributed by atoms with van der Waals surface area (Å²) in [6, 6.07) is 8.47. The second kappa shape index (κ2) is 4.36. The molecule has 2 unspecified atom stereocenters. The van der Waals surface area contributed by atoms with Crippen molar-refractivity contribution in [2.45, 2.75) is 45.1 Å². The molecule has 0 heterocycles. The minimum absolute atomic E-state index is 0.137. The van der Waals surface area contributed by atoms with Gasteiger partial charge in [-0.15, -0.1) is 0 Å². The molecule has 0 aliphatic heterocycles. The second-order valence-electron chi connectivity index (χ2n) is 5.05. The first kappa shape index (κ1) is 10.7. The molecule has 82 valence electrons. The second-order valence-corrected chi connectivity index (χ2v) is 5.05. The van der Waals surface area contributed by atoms with Crippen LogP contribution < -0.4 is 0 Å². The van der Waals surface area contributed by atoms with Gasteiger partial charge in [-0.2, -0.15) is 0 Å². The molecule has 1 heteroatoms. The molecule has 0 fully saturated rings. The summed E-state index contributed by atoms with van der Waals surface area (Å²) in [4.78, 5) is 0. The van der Waals surface area contributed by atoms with Crippen molar-refractivity contribution in [3.63, 3.8) is 0 Å². The van der Waals surface area contributed by atoms with Gasteiger partial charge in [0.05, 0.1) is 6.10 Å². The van der Waals surface area contributed by atoms with Gasteiger partial charge in [0.25, 0.3) is 0 Å². The number of hydrogen-bond donors (Lipinski definition) is 1. The summed E-state index contributed by atoms with van der Waals surface area (Å²) in [5, 5.41) is 10.1. The first-order chi connectivity index (χ1) is 7.18. The average molecular weight is 204 g/mol. The van der Waals surface area contributed by atoms with Crippen LogP contribution in [0.4, 0.5) is 0 Å². The van der Waals surface area contributed by atoms with Crippen LogP contribution in [0.3, 0.4) is 0 Å². The van der Waals surface area contributed by atoms with Crippen LogP contribution in [0.25, 0.3) is 0 Å². The Morgan fingerprint density at radius 3 is 2.67 bits per heavy atom. The minimum Gasteiger partial charge on any atom is -0.392 e. The number of benzene rings is 1. The van der Waals surface area contributed by atoms with Crippen molar-refractivity contribution < 1.29 is 5.11 Å². The van der Waals surface area contributed by atoms with E-state index in [-0.39, 0.29) is 6.10 Å². The zero-order valence-corrected chi connectivity index (χ0v) is 9.61. The van der Waals surface area contributed by atoms with E-state index in [1.54, 1.807) is 0 Å². The fraction of sp³-hybridized carbons (Fsp3) is 0.571. The molecule has 0 spiro atoms. The van der Waals surface area contributed by atoms with Crippen LogP contribution in [0.1, 0.15) is 43.7 Å². The zero-order valence-electron chi connectivity index (χ0n) is 9.61. The van der Waals surface area contributed by atoms with Crippen molar-refractivity contribution in [1.29, 1.82) is 0 Å². The Morgan fingerprint density at radius 2 is 2.00 bits per heavy atom. The summed E-state index contributed by atoms with van der Waals surface area (Å²) in [7, 11) is 0. The summed E-state index contributed by atoms with van der Waals surface area (Å²) in [5.74, 6) is 1.09. The summed E-state index contributed by atoms with van der Waals surface area (Å²) >= 11 is 0. The Balaban J connectivity index is 1.92. The quantitative estimate of drug-likeness (QED) is 0.799. The van der Waals surface area contributed by atoms with E-state index in [2.05, 4.69) is 38.1 Å². The topological polar surface area (TPSA) is 20.2 Å². The predicted molar refractivity (Wildman–Crippen MR) is 63.0 cm³/mol. The van der Waals surface area contributed by atoms with Crippen LogP contribution in [0.2, 0.25) is 0 Å². The van der Waals surface area contributed by atoms with E-state index >= 15 is 0 Å². The van der Waals surface area contributed by atoms with Gasteiger partial charge in [0.15, 0.2) is 0 Å². The fourth-order valence-corrected chi connectivity index (χ4v) is 2.35. The highest BCUT2D eigenvalue weighted by Crippen LogP contribution is 2.38. The van der Waals surface area contributed by atoms with E-state index in [1.165, 1.54) is 11.1 Å². The van der Waals surface area contributed by atoms with Gasteiger partial charge in [-0.05, 0) is 36.3 Å². The lowest BCUT2D eigenvalue weighted by Crippen LogP contribution is -2.29. The van der Waals surface area contributed by atoms with E-state index in [0.29, 0.717) is 11.8 Å². The monoisotopic (exact) mass is 204 g/mol. The molecule has 1 N–H and O–H groups in total. The summed E-state index contributed by atoms with van der Waals surface area (Å²) in [6.07, 6.45) is 2.99. The average Bonchev–Trinajstić information content (AvgIpc) is 2.17. The molecule has 0 amide bonds. The summed E-state index contributed by atoms with van der Waals surface area (Å²) in [5.41, 5.74) is 2.79. The third-order valence-electron chi connectivity index (χ3n) is 3.40. The number of rotatable bonds is 4. The van der Waals surface area contributed by atoms with E-state index in [0.717, 1.165) is 19.3 Å². The smallest absolute Gasteiger partial charge is 0.0612 e. The first-order valence-corrected chi connectivity index (χ1v) is 5.94. The van der Waals surface area contributed by atoms with Crippen LogP contribution in [0, 0.1) is 5.92 Å². The lowest BCUT2D eigenvalue weighted by Gasteiger charge is -2.34. The van der Waals surface area contributed by atoms with Crippen molar-refractivity contribution >= 4 is 0 Å². The number of hydrogen-bond acceptors (Lipinski definition) is 1. The number of fused-ring (bicyclic) bond motifs is 1. The van der Waals surface area contributed by atoms with E-state index in [4.69, 9.17) is 0 Å². The van der Waals surface area contributed by atoms with Gasteiger partial charge in [-0.3, -0.25) is 0 Å². The Hall–Kier alpha value is -0.820. The molecular weight excluding hydrogens is 184 g/mol. The summed E-state index contributed by atoms with van der Waals surface area (Å²) < 4.78 is 0. The third kappa shape index (κ3) is 2.23. The molecule has 2 rings (SSSR count). The van der Waals surface area contributed by atoms with Crippen molar-refractivity contribution in [3.8, 4) is 0 Å². The highest BCUT2D eigenvalue weighted by atomic mass is 16.3. The third-order valence-corrected chi connectivity index (χ3v) is 3.40. The molecule has 0 aromatic heterocycles. The Bertz CT molecular complexity index is 330. The predicted octanol–water partition coefficient (Wildman–Crippen LogP) is 3.12. The van der Waals surface area contributed by atoms with Crippen LogP contribution in [0.5, 0.6) is 0 Å². The highest BCUT2D eigenvalue weighted by molar-refractivity contribution is 5.40. The fourth-order valence-electron chi connectivity index (χ4n) is 2.35. The molecule has 1 aromatic carbocycles. The maximum atomic E-state index is 10.1. The maximum absolute atomic E-state index is 10.1. The number of aliphatic hydroxyl groups excluding tert-OH is 1. The van der Waals surface area contributed by atoms with Crippen molar-refractivity contribution in [2.75, 3.05) is 0 Å². The van der Waals surface area contributed by atoms with Gasteiger partial charge in [0.2, 0.25) is 0 Å². The molecule has 2 atom stereocenters. The molecule has 1 aliphatic carbocycles. The Kier molecular flexibility index (Phi) is 3.11. The van der Waals surface area contributed by atoms with E-state index < -0.39 is 0 Å². The lowest BCUT2D eigenvalue weighted by atomic mass is 9.73. The van der Waals surface area contributed by atoms with Gasteiger partial charge in [0.1, 0.15) is 0 Å². The zero-order chi connectivity index (χ0) is 10.8. The molecule has 1 aliphatic rings. The van der Waals surface area contributed by atoms with Gasteiger partial charge in [-0.25, -0.2) is 0 Å². The highest BCUT2D eigenvalue weighted by Gasteiger charge is 2.31. The standard InChI is InChI=1S/C14H20O/c1-10(2)7-8-14(15)13-9-11-5-3-4-6-12(11)13/h3-6,10,13-15H,7-9H2,1-2H3. The van der Waals surface area contributed by atoms with Gasteiger partial charge in [-0.1, -0.05) is 38.1 Å². The van der Waals surface area contributed by atoms with Gasteiger partial charge < -0.3 is 5.11 Å². The van der Waals surface area contributed by atoms with Gasteiger partial charge >= 0.3 is 0 Å². The molecule has 0 saturated carbocycles. The molecule has 0 radical (unpaired) electrons. The van der Waals surface area contributed by atoms with Crippen molar-refractivity contribution in [2.24, 2.45) is 5.92 Å². The molecule has 0 bridgehead atoms. The Labute approximate surface area is 92.1 Å². The SMILES string of the molecule is CC(C)CCC(O)C1Cc2ccccc21.